The number of anilines is 2. The largest absolute Gasteiger partial charge is 0.481 e. The van der Waals surface area contributed by atoms with Crippen LogP contribution in [-0.2, 0) is 110 Å². The summed E-state index contributed by atoms with van der Waals surface area (Å²) in [7, 11) is 4.63. The number of ether oxygens (including phenoxy) is 14. The van der Waals surface area contributed by atoms with Gasteiger partial charge in [0.1, 0.15) is 53.8 Å². The van der Waals surface area contributed by atoms with Gasteiger partial charge in [0.25, 0.3) is 17.7 Å². The van der Waals surface area contributed by atoms with E-state index < -0.39 is 83.9 Å². The number of fused-ring (bicyclic) bond motifs is 6. The van der Waals surface area contributed by atoms with Crippen molar-refractivity contribution in [3.8, 4) is 11.3 Å². The standard InChI is InChI=1S/C94H137N9O23S/c1-60-17-12-11-13-18-61(2)78(112-8)55-72-26-21-66(7)94(111,126-72)88(108)91(109)102-31-15-14-19-74(102)92(110)124-79(56-75(104)62(3)50-65(6)86(107)87(114-10)85(106)64(5)49-60)63(4)51-67-23-27-77(80(53-67)113-9)123-82(127)20-16-33-115-35-37-117-39-41-119-43-45-121-47-48-122-46-44-120-42-40-118-38-36-116-34-30-81(105)101-32-29-69-52-68(22-24-71(69)58-101)57-103-90-83(89(95)97-59-98-90)84(100-103)70-25-28-76-73(54-70)99-93(96)125-76/h11-13,17-18,22,24-25,28,50,52,54,59-60,62-64,66-67,72,74-75,77-80,86-87,104,107,111H,14-16,19-21,23,26-27,29-49,51,53,55-58H2,1-10H3,(H2,96,99)(H2,95,97,98)/b13-11+,17-12+,61-18+,65-50+/t60-,62-,63-,64-,66-,67+,72+,74+,75-,77-,78+,79+,80-,86-,87+,94-/m1/s1. The van der Waals surface area contributed by atoms with Gasteiger partial charge in [0.2, 0.25) is 11.7 Å². The van der Waals surface area contributed by atoms with Gasteiger partial charge in [-0.3, -0.25) is 19.2 Å². The zero-order chi connectivity index (χ0) is 90.9. The lowest BCUT2D eigenvalue weighted by atomic mass is 9.78. The number of aliphatic hydroxyl groups excluding tert-OH is 2. The molecule has 127 heavy (non-hydrogen) atoms. The number of Topliss-reactive ketones (excluding diaryl/α,β-unsaturated/α-hetero) is 2. The summed E-state index contributed by atoms with van der Waals surface area (Å²) in [4.78, 5) is 87.2. The second-order valence-electron chi connectivity index (χ2n) is 34.4. The fourth-order valence-electron chi connectivity index (χ4n) is 17.4. The second-order valence-corrected chi connectivity index (χ2v) is 34.8. The van der Waals surface area contributed by atoms with Crippen molar-refractivity contribution in [3.63, 3.8) is 0 Å². The maximum Gasteiger partial charge on any atom is 0.329 e. The molecule has 7 heterocycles. The number of aliphatic hydroxyl groups is 3. The summed E-state index contributed by atoms with van der Waals surface area (Å²) in [5.74, 6) is -7.25. The number of esters is 1. The van der Waals surface area contributed by atoms with Crippen molar-refractivity contribution in [2.45, 2.75) is 225 Å². The molecule has 7 N–H and O–H groups in total. The van der Waals surface area contributed by atoms with Gasteiger partial charge in [-0.2, -0.15) is 10.1 Å². The first-order valence-corrected chi connectivity index (χ1v) is 45.7. The first-order chi connectivity index (χ1) is 61.3. The third-order valence-corrected chi connectivity index (χ3v) is 25.2. The highest BCUT2D eigenvalue weighted by atomic mass is 32.1. The molecule has 4 aliphatic heterocycles. The Balaban J connectivity index is 0.552. The number of hydrogen-bond acceptors (Lipinski definition) is 30. The van der Waals surface area contributed by atoms with Gasteiger partial charge in [0.05, 0.1) is 142 Å². The number of nitrogen functional groups attached to an aromatic ring is 2. The molecule has 33 heteroatoms. The van der Waals surface area contributed by atoms with Crippen LogP contribution in [0.1, 0.15) is 161 Å². The van der Waals surface area contributed by atoms with E-state index >= 15 is 0 Å². The Morgan fingerprint density at radius 3 is 2.05 bits per heavy atom. The molecule has 10 rings (SSSR count). The molecule has 2 saturated heterocycles. The fourth-order valence-corrected chi connectivity index (χ4v) is 17.7. The van der Waals surface area contributed by atoms with Gasteiger partial charge >= 0.3 is 5.97 Å². The summed E-state index contributed by atoms with van der Waals surface area (Å²) in [6.07, 6.45) is 14.4. The van der Waals surface area contributed by atoms with Crippen LogP contribution in [0.4, 0.5) is 11.8 Å². The van der Waals surface area contributed by atoms with Crippen LogP contribution in [0.2, 0.25) is 0 Å². The normalized spacial score (nSPS) is 27.6. The third-order valence-electron chi connectivity index (χ3n) is 24.9. The van der Waals surface area contributed by atoms with Crippen LogP contribution in [0.25, 0.3) is 33.4 Å². The van der Waals surface area contributed by atoms with Crippen molar-refractivity contribution in [1.29, 1.82) is 0 Å². The number of methoxy groups -OCH3 is 3. The molecule has 16 atom stereocenters. The average molecular weight is 1790 g/mol. The lowest BCUT2D eigenvalue weighted by Gasteiger charge is -2.43. The van der Waals surface area contributed by atoms with E-state index in [4.69, 9.17) is 99.5 Å². The summed E-state index contributed by atoms with van der Waals surface area (Å²) in [6.45, 7) is 21.1. The maximum atomic E-state index is 14.8. The summed E-state index contributed by atoms with van der Waals surface area (Å²) < 4.78 is 89.5. The minimum absolute atomic E-state index is 0.00216. The predicted molar refractivity (Wildman–Crippen MR) is 480 cm³/mol. The third kappa shape index (κ3) is 29.8. The van der Waals surface area contributed by atoms with Gasteiger partial charge in [0, 0.05) is 90.2 Å². The van der Waals surface area contributed by atoms with E-state index in [2.05, 4.69) is 33.2 Å². The molecular formula is C94H137N9O23S. The maximum absolute atomic E-state index is 14.8. The Morgan fingerprint density at radius 1 is 0.701 bits per heavy atom. The Kier molecular flexibility index (Phi) is 41.1. The molecule has 3 aromatic heterocycles. The zero-order valence-corrected chi connectivity index (χ0v) is 76.6. The number of hydrogen-bond donors (Lipinski definition) is 5. The van der Waals surface area contributed by atoms with Crippen LogP contribution in [0.3, 0.4) is 0 Å². The molecule has 702 valence electrons. The number of benzene rings is 2. The highest BCUT2D eigenvalue weighted by molar-refractivity contribution is 7.80. The average Bonchev–Trinajstić information content (AvgIpc) is 1.71. The van der Waals surface area contributed by atoms with E-state index in [-0.39, 0.29) is 73.5 Å². The van der Waals surface area contributed by atoms with Gasteiger partial charge < -0.3 is 107 Å². The van der Waals surface area contributed by atoms with Crippen molar-refractivity contribution < 1.29 is 110 Å². The molecule has 32 nitrogen and oxygen atoms in total. The zero-order valence-electron chi connectivity index (χ0n) is 75.8. The van der Waals surface area contributed by atoms with Crippen LogP contribution >= 0.6 is 12.2 Å². The van der Waals surface area contributed by atoms with Crippen LogP contribution in [0, 0.1) is 35.5 Å². The molecule has 0 radical (unpaired) electrons. The predicted octanol–water partition coefficient (Wildman–Crippen LogP) is 10.4. The van der Waals surface area contributed by atoms with Crippen LogP contribution in [0.5, 0.6) is 0 Å². The topological polar surface area (TPSA) is 403 Å². The Morgan fingerprint density at radius 2 is 1.38 bits per heavy atom. The number of ketones is 2. The molecule has 2 bridgehead atoms. The first kappa shape index (κ1) is 101. The number of nitrogens with zero attached hydrogens (tertiary/aromatic N) is 7. The number of carbonyl (C=O) groups excluding carboxylic acids is 5. The highest BCUT2D eigenvalue weighted by Gasteiger charge is 2.53. The Bertz CT molecular complexity index is 4460. The van der Waals surface area contributed by atoms with Gasteiger partial charge in [-0.05, 0) is 167 Å². The molecule has 5 aromatic rings. The highest BCUT2D eigenvalue weighted by Crippen LogP contribution is 2.40. The summed E-state index contributed by atoms with van der Waals surface area (Å²) in [5.41, 5.74) is 20.0. The van der Waals surface area contributed by atoms with Gasteiger partial charge in [0.15, 0.2) is 22.1 Å². The van der Waals surface area contributed by atoms with Gasteiger partial charge in [-0.15, -0.1) is 0 Å². The van der Waals surface area contributed by atoms with Crippen LogP contribution in [-0.4, -0.2) is 285 Å². The number of rotatable bonds is 38. The van der Waals surface area contributed by atoms with Crippen molar-refractivity contribution >= 4 is 80.6 Å². The molecule has 5 aliphatic rings. The van der Waals surface area contributed by atoms with Crippen molar-refractivity contribution in [3.05, 3.63) is 107 Å². The quantitative estimate of drug-likeness (QED) is 0.00806. The Hall–Kier alpha value is -7.94. The lowest BCUT2D eigenvalue weighted by molar-refractivity contribution is -0.265. The number of piperidine rings is 1. The molecule has 1 aliphatic carbocycles. The van der Waals surface area contributed by atoms with Crippen LogP contribution in [0.15, 0.2) is 94.7 Å². The van der Waals surface area contributed by atoms with E-state index in [1.807, 2.05) is 79.8 Å². The molecule has 2 amide bonds. The molecular weight excluding hydrogens is 1660 g/mol. The SMILES string of the molecule is CO[C@H]1C[C@@H]2CC[C@@H](C)[C@@](O)(O2)C(=O)C(=O)N2CCCC[C@H]2C(=O)O[C@H]([C@H](C)C[C@@H]2CC[C@@H](OC(=S)CCCOCCOCCOCCOCCOCCOCCOCCOCCC(=O)N3CCc4cc(Cn5nc(-c6ccc7oc(N)nc7c6)c6c(N)ncnc65)ccc4C3)[C@H](OC)C2)C[C@@H](O)[C@H](C)/C=C(\C)[C@@H](O)[C@@H](OC)C(=O)[C@H](C)C[C@H](C)/C=C/C=C/C=C/1C. The number of aromatic nitrogens is 5. The summed E-state index contributed by atoms with van der Waals surface area (Å²) in [5, 5.41) is 42.0. The fraction of sp³-hybridized carbons (Fsp3) is 0.660. The number of cyclic esters (lactones) is 1. The monoisotopic (exact) mass is 1790 g/mol. The van der Waals surface area contributed by atoms with Gasteiger partial charge in [-0.25, -0.2) is 19.4 Å². The van der Waals surface area contributed by atoms with Crippen molar-refractivity contribution in [1.82, 2.24) is 34.5 Å². The minimum atomic E-state index is -2.46. The first-order valence-electron chi connectivity index (χ1n) is 45.2. The van der Waals surface area contributed by atoms with E-state index in [9.17, 15) is 39.3 Å². The number of oxazole rings is 1. The molecule has 0 spiro atoms. The molecule has 1 saturated carbocycles. The number of thiocarbonyl (C=S) groups is 1. The lowest BCUT2D eigenvalue weighted by Crippen LogP contribution is -2.61. The van der Waals surface area contributed by atoms with E-state index in [1.165, 1.54) is 23.9 Å². The minimum Gasteiger partial charge on any atom is -0.481 e. The second kappa shape index (κ2) is 51.6. The summed E-state index contributed by atoms with van der Waals surface area (Å²) >= 11 is 5.74. The smallest absolute Gasteiger partial charge is 0.329 e. The summed E-state index contributed by atoms with van der Waals surface area (Å²) in [6, 6.07) is 10.8. The molecule has 3 fully saturated rings. The van der Waals surface area contributed by atoms with Crippen molar-refractivity contribution in [2.75, 3.05) is 152 Å². The number of carbonyl (C=O) groups is 5. The molecule has 2 aromatic carbocycles. The number of amides is 2. The van der Waals surface area contributed by atoms with E-state index in [0.717, 1.165) is 35.1 Å². The molecule has 0 unspecified atom stereocenters. The van der Waals surface area contributed by atoms with E-state index in [1.54, 1.807) is 47.1 Å². The van der Waals surface area contributed by atoms with Crippen LogP contribution < -0.4 is 11.5 Å². The number of nitrogens with two attached hydrogens (primary N) is 2. The van der Waals surface area contributed by atoms with Gasteiger partial charge in [-0.1, -0.05) is 89.3 Å². The van der Waals surface area contributed by atoms with Crippen molar-refractivity contribution in [2.24, 2.45) is 35.5 Å². The Labute approximate surface area is 751 Å². The number of allylic oxidation sites excluding steroid dienone is 5. The van der Waals surface area contributed by atoms with E-state index in [0.29, 0.717) is 240 Å².